The van der Waals surface area contributed by atoms with Crippen LogP contribution < -0.4 is 16.0 Å². The first kappa shape index (κ1) is 25.6. The topological polar surface area (TPSA) is 120 Å². The Kier molecular flexibility index (Phi) is 8.58. The van der Waals surface area contributed by atoms with E-state index < -0.39 is 17.8 Å². The molecule has 13 heteroatoms. The van der Waals surface area contributed by atoms with E-state index in [9.17, 15) is 18.8 Å². The lowest BCUT2D eigenvalue weighted by atomic mass is 10.2. The fourth-order valence-corrected chi connectivity index (χ4v) is 4.26. The molecule has 10 nitrogen and oxygen atoms in total. The van der Waals surface area contributed by atoms with E-state index in [4.69, 9.17) is 12.2 Å². The first-order valence-corrected chi connectivity index (χ1v) is 11.7. The molecule has 0 radical (unpaired) electrons. The van der Waals surface area contributed by atoms with Gasteiger partial charge in [-0.25, -0.2) is 14.4 Å². The first-order valence-electron chi connectivity index (χ1n) is 10.5. The number of hydrogen-bond donors (Lipinski definition) is 3. The van der Waals surface area contributed by atoms with Gasteiger partial charge in [-0.2, -0.15) is 0 Å². The van der Waals surface area contributed by atoms with Crippen LogP contribution in [-0.2, 0) is 22.6 Å². The Hall–Kier alpha value is -3.03. The van der Waals surface area contributed by atoms with Crippen LogP contribution in [0.4, 0.5) is 10.2 Å². The number of nitrogens with one attached hydrogen (secondary N) is 3. The number of pyridine rings is 1. The number of fused-ring (bicyclic) bond motifs is 1. The smallest absolute Gasteiger partial charge is 0.284 e. The normalized spacial score (nSPS) is 14.0. The predicted octanol–water partition coefficient (Wildman–Crippen LogP) is 0.797. The van der Waals surface area contributed by atoms with Gasteiger partial charge >= 0.3 is 0 Å². The molecule has 182 valence electrons. The van der Waals surface area contributed by atoms with Crippen LogP contribution in [0.2, 0.25) is 0 Å². The van der Waals surface area contributed by atoms with Crippen LogP contribution in [0, 0.1) is 5.82 Å². The highest BCUT2D eigenvalue weighted by Gasteiger charge is 2.25. The van der Waals surface area contributed by atoms with Gasteiger partial charge in [-0.1, -0.05) is 12.2 Å². The van der Waals surface area contributed by atoms with Crippen LogP contribution in [0.25, 0.3) is 0 Å². The molecular formula is C21H26FN7O3S2. The second-order valence-electron chi connectivity index (χ2n) is 8.07. The molecule has 0 fully saturated rings. The van der Waals surface area contributed by atoms with Gasteiger partial charge in [0.2, 0.25) is 5.91 Å². The maximum atomic E-state index is 13.0. The van der Waals surface area contributed by atoms with E-state index in [1.54, 1.807) is 14.1 Å². The molecule has 0 aliphatic carbocycles. The van der Waals surface area contributed by atoms with Crippen molar-refractivity contribution in [3.05, 3.63) is 39.7 Å². The highest BCUT2D eigenvalue weighted by molar-refractivity contribution is 7.82. The number of thiocarbonyl (C=S) groups is 1. The van der Waals surface area contributed by atoms with Gasteiger partial charge in [0.1, 0.15) is 11.6 Å². The molecule has 0 spiro atoms. The van der Waals surface area contributed by atoms with Gasteiger partial charge in [-0.05, 0) is 25.6 Å². The van der Waals surface area contributed by atoms with Crippen molar-refractivity contribution in [3.63, 3.8) is 0 Å². The minimum atomic E-state index is -0.644. The maximum absolute atomic E-state index is 13.0. The number of thiazole rings is 1. The standard InChI is InChI=1S/C21H26FN7O3S2/c1-28(2)17(30)8-13(10-24-20(33)18(31)27-16-5-4-12(22)9-23-16)25-19(32)21-26-14-11-29(3)7-6-15(14)34-21/h4-5,9,13H,6-8,10-11H2,1-3H3,(H,24,33)(H,25,32)(H,23,27,31)/t13-/m1/s1. The van der Waals surface area contributed by atoms with E-state index in [-0.39, 0.29) is 35.6 Å². The summed E-state index contributed by atoms with van der Waals surface area (Å²) in [5, 5.41) is 8.40. The first-order chi connectivity index (χ1) is 16.1. The minimum absolute atomic E-state index is 0.00329. The predicted molar refractivity (Wildman–Crippen MR) is 130 cm³/mol. The molecule has 0 aromatic carbocycles. The quantitative estimate of drug-likeness (QED) is 0.471. The van der Waals surface area contributed by atoms with Gasteiger partial charge in [0.25, 0.3) is 11.8 Å². The summed E-state index contributed by atoms with van der Waals surface area (Å²) >= 11 is 6.47. The molecule has 2 aromatic rings. The van der Waals surface area contributed by atoms with Gasteiger partial charge in [-0.15, -0.1) is 11.3 Å². The summed E-state index contributed by atoms with van der Waals surface area (Å²) in [4.78, 5) is 50.2. The summed E-state index contributed by atoms with van der Waals surface area (Å²) in [6.07, 6.45) is 1.81. The molecule has 3 heterocycles. The second-order valence-corrected chi connectivity index (χ2v) is 9.56. The van der Waals surface area contributed by atoms with Gasteiger partial charge in [-0.3, -0.25) is 14.4 Å². The fraction of sp³-hybridized carbons (Fsp3) is 0.429. The van der Waals surface area contributed by atoms with Crippen LogP contribution in [0.1, 0.15) is 26.8 Å². The average Bonchev–Trinajstić information content (AvgIpc) is 3.22. The molecule has 0 unspecified atom stereocenters. The van der Waals surface area contributed by atoms with Crippen molar-refractivity contribution >= 4 is 52.1 Å². The summed E-state index contributed by atoms with van der Waals surface area (Å²) in [7, 11) is 5.24. The van der Waals surface area contributed by atoms with Crippen LogP contribution in [-0.4, -0.2) is 82.8 Å². The molecule has 3 N–H and O–H groups in total. The Morgan fingerprint density at radius 2 is 2.09 bits per heavy atom. The molecular weight excluding hydrogens is 481 g/mol. The van der Waals surface area contributed by atoms with E-state index in [1.807, 2.05) is 7.05 Å². The number of likely N-dealkylation sites (N-methyl/N-ethyl adjacent to an activating group) is 1. The molecule has 0 bridgehead atoms. The second kappa shape index (κ2) is 11.4. The van der Waals surface area contributed by atoms with E-state index in [2.05, 4.69) is 30.8 Å². The van der Waals surface area contributed by atoms with Crippen LogP contribution in [0.15, 0.2) is 18.3 Å². The number of carbonyl (C=O) groups is 3. The summed E-state index contributed by atoms with van der Waals surface area (Å²) in [6, 6.07) is 1.83. The van der Waals surface area contributed by atoms with Gasteiger partial charge < -0.3 is 25.8 Å². The molecule has 1 atom stereocenters. The lowest BCUT2D eigenvalue weighted by molar-refractivity contribution is -0.129. The van der Waals surface area contributed by atoms with Crippen LogP contribution in [0.3, 0.4) is 0 Å². The summed E-state index contributed by atoms with van der Waals surface area (Å²) in [6.45, 7) is 1.64. The van der Waals surface area contributed by atoms with Crippen LogP contribution >= 0.6 is 23.6 Å². The third-order valence-electron chi connectivity index (χ3n) is 5.05. The number of amides is 3. The minimum Gasteiger partial charge on any atom is -0.370 e. The Morgan fingerprint density at radius 3 is 2.76 bits per heavy atom. The van der Waals surface area contributed by atoms with E-state index >= 15 is 0 Å². The van der Waals surface area contributed by atoms with Crippen molar-refractivity contribution in [2.75, 3.05) is 39.5 Å². The van der Waals surface area contributed by atoms with Crippen molar-refractivity contribution in [2.45, 2.75) is 25.4 Å². The molecule has 34 heavy (non-hydrogen) atoms. The average molecular weight is 508 g/mol. The molecule has 0 saturated heterocycles. The number of anilines is 1. The number of halogens is 1. The molecule has 3 amide bonds. The third kappa shape index (κ3) is 6.98. The van der Waals surface area contributed by atoms with E-state index in [1.165, 1.54) is 22.3 Å². The lowest BCUT2D eigenvalue weighted by Gasteiger charge is -2.21. The zero-order valence-electron chi connectivity index (χ0n) is 19.1. The van der Waals surface area contributed by atoms with E-state index in [0.717, 1.165) is 35.8 Å². The Labute approximate surface area is 205 Å². The Balaban J connectivity index is 1.61. The van der Waals surface area contributed by atoms with Crippen molar-refractivity contribution in [2.24, 2.45) is 0 Å². The summed E-state index contributed by atoms with van der Waals surface area (Å²) in [5.74, 6) is -1.61. The van der Waals surface area contributed by atoms with Crippen molar-refractivity contribution in [1.29, 1.82) is 0 Å². The van der Waals surface area contributed by atoms with E-state index in [0.29, 0.717) is 11.6 Å². The lowest BCUT2D eigenvalue weighted by Crippen LogP contribution is -2.47. The molecule has 2 aromatic heterocycles. The van der Waals surface area contributed by atoms with Crippen molar-refractivity contribution in [1.82, 2.24) is 30.4 Å². The molecule has 1 aliphatic heterocycles. The number of rotatable bonds is 7. The fourth-order valence-electron chi connectivity index (χ4n) is 3.16. The highest BCUT2D eigenvalue weighted by Crippen LogP contribution is 2.24. The summed E-state index contributed by atoms with van der Waals surface area (Å²) in [5.41, 5.74) is 0.898. The van der Waals surface area contributed by atoms with Gasteiger partial charge in [0.05, 0.1) is 17.9 Å². The number of hydrogen-bond acceptors (Lipinski definition) is 8. The number of carbonyl (C=O) groups excluding carboxylic acids is 3. The molecule has 0 saturated carbocycles. The highest BCUT2D eigenvalue weighted by atomic mass is 32.1. The van der Waals surface area contributed by atoms with Crippen molar-refractivity contribution < 1.29 is 18.8 Å². The van der Waals surface area contributed by atoms with Crippen molar-refractivity contribution in [3.8, 4) is 0 Å². The van der Waals surface area contributed by atoms with Gasteiger partial charge in [0.15, 0.2) is 10.00 Å². The Morgan fingerprint density at radius 1 is 1.32 bits per heavy atom. The molecule has 1 aliphatic rings. The Bertz CT molecular complexity index is 1070. The maximum Gasteiger partial charge on any atom is 0.284 e. The zero-order chi connectivity index (χ0) is 24.8. The van der Waals surface area contributed by atoms with Gasteiger partial charge in [0, 0.05) is 45.0 Å². The number of nitrogens with zero attached hydrogens (tertiary/aromatic N) is 4. The summed E-state index contributed by atoms with van der Waals surface area (Å²) < 4.78 is 13.0. The zero-order valence-corrected chi connectivity index (χ0v) is 20.7. The number of aromatic nitrogens is 2. The SMILES string of the molecule is CN1CCc2sc(C(=O)N[C@@H](CNC(=S)C(=O)Nc3ccc(F)cn3)CC(=O)N(C)C)nc2C1. The molecule has 3 rings (SSSR count). The van der Waals surface area contributed by atoms with Crippen LogP contribution in [0.5, 0.6) is 0 Å². The third-order valence-corrected chi connectivity index (χ3v) is 6.54. The monoisotopic (exact) mass is 507 g/mol. The largest absolute Gasteiger partial charge is 0.370 e.